The summed E-state index contributed by atoms with van der Waals surface area (Å²) in [4.78, 5) is 12.8. The number of hydrogen-bond acceptors (Lipinski definition) is 8. The molecule has 0 radical (unpaired) electrons. The molecular formula is C13H15N3O4S2. The van der Waals surface area contributed by atoms with E-state index in [1.54, 1.807) is 5.38 Å². The molecule has 2 aromatic heterocycles. The van der Waals surface area contributed by atoms with Crippen LogP contribution in [0.4, 0.5) is 5.13 Å². The summed E-state index contributed by atoms with van der Waals surface area (Å²) in [6.45, 7) is 4.17. The highest BCUT2D eigenvalue weighted by atomic mass is 32.1. The van der Waals surface area contributed by atoms with Crippen molar-refractivity contribution in [1.29, 1.82) is 0 Å². The van der Waals surface area contributed by atoms with Crippen LogP contribution in [0.25, 0.3) is 0 Å². The fraction of sp³-hybridized carbons (Fsp3) is 0.462. The van der Waals surface area contributed by atoms with Gasteiger partial charge in [0.2, 0.25) is 5.13 Å². The van der Waals surface area contributed by atoms with Gasteiger partial charge in [-0.05, 0) is 6.92 Å². The van der Waals surface area contributed by atoms with Crippen LogP contribution in [0.15, 0.2) is 5.38 Å². The third kappa shape index (κ3) is 3.37. The molecule has 0 aromatic carbocycles. The van der Waals surface area contributed by atoms with Crippen LogP contribution in [0.3, 0.4) is 0 Å². The second-order valence-electron chi connectivity index (χ2n) is 4.36. The highest BCUT2D eigenvalue weighted by Crippen LogP contribution is 2.39. The first-order valence-electron chi connectivity index (χ1n) is 6.86. The molecule has 7 nitrogen and oxygen atoms in total. The first-order chi connectivity index (χ1) is 10.8. The summed E-state index contributed by atoms with van der Waals surface area (Å²) >= 11 is 2.64. The van der Waals surface area contributed by atoms with Crippen LogP contribution in [0, 0.1) is 0 Å². The van der Waals surface area contributed by atoms with Gasteiger partial charge in [0.05, 0.1) is 6.61 Å². The quantitative estimate of drug-likeness (QED) is 0.811. The lowest BCUT2D eigenvalue weighted by atomic mass is 10.3. The van der Waals surface area contributed by atoms with Crippen LogP contribution in [0.5, 0.6) is 11.5 Å². The molecule has 118 valence electrons. The van der Waals surface area contributed by atoms with E-state index >= 15 is 0 Å². The van der Waals surface area contributed by atoms with Crippen molar-refractivity contribution in [2.24, 2.45) is 0 Å². The molecule has 1 amide bonds. The zero-order chi connectivity index (χ0) is 15.4. The van der Waals surface area contributed by atoms with Gasteiger partial charge in [-0.2, -0.15) is 0 Å². The summed E-state index contributed by atoms with van der Waals surface area (Å²) < 4.78 is 16.2. The summed E-state index contributed by atoms with van der Waals surface area (Å²) in [6.07, 6.45) is 0.687. The van der Waals surface area contributed by atoms with Crippen LogP contribution in [0.2, 0.25) is 0 Å². The first-order valence-corrected chi connectivity index (χ1v) is 8.56. The number of amides is 1. The van der Waals surface area contributed by atoms with Gasteiger partial charge in [-0.25, -0.2) is 0 Å². The number of thiophene rings is 1. The van der Waals surface area contributed by atoms with Crippen molar-refractivity contribution in [2.45, 2.75) is 13.3 Å². The number of carbonyl (C=O) groups excluding carboxylic acids is 1. The number of hydrogen-bond donors (Lipinski definition) is 1. The second kappa shape index (κ2) is 7.03. The molecule has 0 unspecified atom stereocenters. The third-order valence-corrected chi connectivity index (χ3v) is 4.70. The number of carbonyl (C=O) groups is 1. The fourth-order valence-corrected chi connectivity index (χ4v) is 3.42. The number of nitrogens with zero attached hydrogens (tertiary/aromatic N) is 2. The van der Waals surface area contributed by atoms with E-state index in [2.05, 4.69) is 15.5 Å². The predicted octanol–water partition coefficient (Wildman–Crippen LogP) is 2.20. The van der Waals surface area contributed by atoms with Gasteiger partial charge >= 0.3 is 0 Å². The molecule has 9 heteroatoms. The van der Waals surface area contributed by atoms with Gasteiger partial charge in [-0.3, -0.25) is 10.1 Å². The normalized spacial score (nSPS) is 13.1. The molecule has 3 rings (SSSR count). The molecule has 3 heterocycles. The van der Waals surface area contributed by atoms with Gasteiger partial charge in [-0.15, -0.1) is 21.5 Å². The van der Waals surface area contributed by atoms with Crippen LogP contribution in [-0.2, 0) is 11.2 Å². The minimum absolute atomic E-state index is 0.260. The Morgan fingerprint density at radius 3 is 3.14 bits per heavy atom. The van der Waals surface area contributed by atoms with Gasteiger partial charge in [-0.1, -0.05) is 11.3 Å². The van der Waals surface area contributed by atoms with E-state index in [9.17, 15) is 4.79 Å². The zero-order valence-electron chi connectivity index (χ0n) is 12.0. The Morgan fingerprint density at radius 1 is 1.41 bits per heavy atom. The van der Waals surface area contributed by atoms with E-state index in [1.807, 2.05) is 6.92 Å². The van der Waals surface area contributed by atoms with Crippen molar-refractivity contribution in [3.8, 4) is 11.5 Å². The molecule has 2 aromatic rings. The molecule has 0 aliphatic carbocycles. The van der Waals surface area contributed by atoms with Gasteiger partial charge in [0.15, 0.2) is 11.5 Å². The molecule has 22 heavy (non-hydrogen) atoms. The lowest BCUT2D eigenvalue weighted by Gasteiger charge is -2.15. The van der Waals surface area contributed by atoms with E-state index in [0.29, 0.717) is 54.4 Å². The Hall–Kier alpha value is -1.71. The summed E-state index contributed by atoms with van der Waals surface area (Å²) in [5.41, 5.74) is 0. The van der Waals surface area contributed by atoms with Gasteiger partial charge < -0.3 is 14.2 Å². The van der Waals surface area contributed by atoms with Crippen molar-refractivity contribution in [3.05, 3.63) is 15.3 Å². The second-order valence-corrected chi connectivity index (χ2v) is 6.30. The van der Waals surface area contributed by atoms with Crippen molar-refractivity contribution in [1.82, 2.24) is 10.2 Å². The highest BCUT2D eigenvalue weighted by molar-refractivity contribution is 7.16. The zero-order valence-corrected chi connectivity index (χ0v) is 13.6. The molecule has 0 atom stereocenters. The first kappa shape index (κ1) is 15.2. The van der Waals surface area contributed by atoms with E-state index in [0.717, 1.165) is 5.01 Å². The maximum atomic E-state index is 12.3. The fourth-order valence-electron chi connectivity index (χ4n) is 1.88. The molecule has 0 bridgehead atoms. The van der Waals surface area contributed by atoms with Crippen LogP contribution in [-0.4, -0.2) is 42.5 Å². The Labute approximate surface area is 135 Å². The average Bonchev–Trinajstić information content (AvgIpc) is 3.14. The number of rotatable bonds is 6. The average molecular weight is 341 g/mol. The maximum Gasteiger partial charge on any atom is 0.271 e. The molecule has 0 saturated heterocycles. The number of aromatic nitrogens is 2. The number of fused-ring (bicyclic) bond motifs is 1. The minimum Gasteiger partial charge on any atom is -0.485 e. The van der Waals surface area contributed by atoms with Crippen LogP contribution >= 0.6 is 22.7 Å². The predicted molar refractivity (Wildman–Crippen MR) is 83.4 cm³/mol. The lowest BCUT2D eigenvalue weighted by molar-refractivity contribution is 0.102. The molecule has 0 spiro atoms. The smallest absolute Gasteiger partial charge is 0.271 e. The number of nitrogens with one attached hydrogen (secondary N) is 1. The van der Waals surface area contributed by atoms with Crippen molar-refractivity contribution in [2.75, 3.05) is 31.7 Å². The van der Waals surface area contributed by atoms with E-state index in [4.69, 9.17) is 14.2 Å². The van der Waals surface area contributed by atoms with E-state index < -0.39 is 0 Å². The van der Waals surface area contributed by atoms with Crippen LogP contribution < -0.4 is 14.8 Å². The summed E-state index contributed by atoms with van der Waals surface area (Å²) in [6, 6.07) is 0. The summed E-state index contributed by atoms with van der Waals surface area (Å²) in [5, 5.41) is 13.8. The van der Waals surface area contributed by atoms with E-state index in [-0.39, 0.29) is 5.91 Å². The number of anilines is 1. The molecule has 1 N–H and O–H groups in total. The standard InChI is InChI=1S/C13H15N3O4S2/c1-2-18-4-3-9-15-16-13(22-9)14-12(17)11-10-8(7-21-11)19-5-6-20-10/h7H,2-6H2,1H3,(H,14,16,17). The van der Waals surface area contributed by atoms with Gasteiger partial charge in [0.25, 0.3) is 5.91 Å². The number of ether oxygens (including phenoxy) is 3. The van der Waals surface area contributed by atoms with E-state index in [1.165, 1.54) is 22.7 Å². The Morgan fingerprint density at radius 2 is 2.27 bits per heavy atom. The van der Waals surface area contributed by atoms with Crippen molar-refractivity contribution in [3.63, 3.8) is 0 Å². The summed E-state index contributed by atoms with van der Waals surface area (Å²) in [5.74, 6) is 0.871. The Bertz CT molecular complexity index is 656. The topological polar surface area (TPSA) is 82.6 Å². The minimum atomic E-state index is -0.260. The van der Waals surface area contributed by atoms with Gasteiger partial charge in [0, 0.05) is 18.4 Å². The largest absolute Gasteiger partial charge is 0.485 e. The maximum absolute atomic E-state index is 12.3. The molecule has 0 fully saturated rings. The molecule has 0 saturated carbocycles. The molecule has 1 aliphatic heterocycles. The van der Waals surface area contributed by atoms with Crippen LogP contribution in [0.1, 0.15) is 21.6 Å². The lowest BCUT2D eigenvalue weighted by Crippen LogP contribution is -2.17. The van der Waals surface area contributed by atoms with Crippen molar-refractivity contribution >= 4 is 33.7 Å². The molecular weight excluding hydrogens is 326 g/mol. The summed E-state index contributed by atoms with van der Waals surface area (Å²) in [7, 11) is 0. The molecule has 1 aliphatic rings. The van der Waals surface area contributed by atoms with Gasteiger partial charge in [0.1, 0.15) is 23.1 Å². The highest BCUT2D eigenvalue weighted by Gasteiger charge is 2.24. The Balaban J connectivity index is 1.63. The SMILES string of the molecule is CCOCCc1nnc(NC(=O)c2scc3c2OCCO3)s1. The monoisotopic (exact) mass is 341 g/mol. The Kier molecular flexibility index (Phi) is 4.86. The third-order valence-electron chi connectivity index (χ3n) is 2.86. The van der Waals surface area contributed by atoms with Crippen molar-refractivity contribution < 1.29 is 19.0 Å².